The summed E-state index contributed by atoms with van der Waals surface area (Å²) in [6, 6.07) is 14.4. The zero-order valence-corrected chi connectivity index (χ0v) is 16.4. The molecule has 0 fully saturated rings. The first-order valence-corrected chi connectivity index (χ1v) is 8.83. The van der Waals surface area contributed by atoms with Crippen LogP contribution in [0.25, 0.3) is 11.3 Å². The Labute approximate surface area is 169 Å². The Bertz CT molecular complexity index is 1050. The molecule has 0 saturated carbocycles. The summed E-state index contributed by atoms with van der Waals surface area (Å²) in [5.74, 6) is 7.68. The lowest BCUT2D eigenvalue weighted by Gasteiger charge is -2.08. The molecule has 0 atom stereocenters. The Morgan fingerprint density at radius 1 is 1.00 bits per heavy atom. The summed E-state index contributed by atoms with van der Waals surface area (Å²) in [6.07, 6.45) is 0. The monoisotopic (exact) mass is 391 g/mol. The number of benzene rings is 2. The van der Waals surface area contributed by atoms with Crippen molar-refractivity contribution in [3.05, 3.63) is 59.8 Å². The first-order chi connectivity index (χ1) is 14.1. The van der Waals surface area contributed by atoms with E-state index in [1.807, 2.05) is 24.3 Å². The minimum absolute atomic E-state index is 0.210. The number of methoxy groups -OCH3 is 3. The molecule has 1 heterocycles. The maximum atomic E-state index is 12.3. The number of aromatic nitrogens is 2. The molecule has 0 aliphatic rings. The molecule has 1 aromatic heterocycles. The van der Waals surface area contributed by atoms with Gasteiger partial charge in [0.1, 0.15) is 22.9 Å². The first kappa shape index (κ1) is 19.8. The van der Waals surface area contributed by atoms with Gasteiger partial charge in [-0.05, 0) is 48.5 Å². The maximum Gasteiger partial charge on any atom is 0.270 e. The number of ether oxygens (including phenoxy) is 3. The van der Waals surface area contributed by atoms with Crippen LogP contribution in [-0.4, -0.2) is 44.0 Å². The normalized spacial score (nSPS) is 9.90. The van der Waals surface area contributed by atoms with Crippen LogP contribution in [0.3, 0.4) is 0 Å². The molecular weight excluding hydrogens is 370 g/mol. The summed E-state index contributed by atoms with van der Waals surface area (Å²) < 4.78 is 15.7. The van der Waals surface area contributed by atoms with Gasteiger partial charge in [-0.1, -0.05) is 11.8 Å². The highest BCUT2D eigenvalue weighted by atomic mass is 16.5. The smallest absolute Gasteiger partial charge is 0.270 e. The number of amides is 1. The number of H-pyrrole nitrogens is 1. The molecule has 2 N–H and O–H groups in total. The van der Waals surface area contributed by atoms with E-state index in [-0.39, 0.29) is 12.5 Å². The molecule has 2 aromatic carbocycles. The van der Waals surface area contributed by atoms with Gasteiger partial charge in [0.2, 0.25) is 0 Å². The Kier molecular flexibility index (Phi) is 6.38. The highest BCUT2D eigenvalue weighted by Gasteiger charge is 2.14. The number of rotatable bonds is 6. The van der Waals surface area contributed by atoms with Crippen molar-refractivity contribution in [3.8, 4) is 40.3 Å². The van der Waals surface area contributed by atoms with Crippen LogP contribution in [0.15, 0.2) is 48.5 Å². The third-order valence-corrected chi connectivity index (χ3v) is 4.17. The standard InChI is InChI=1S/C22H21N3O4/c1-27-16-8-6-15(7-9-16)5-4-12-23-22(26)20-14-19(24-25-20)18-13-17(28-2)10-11-21(18)29-3/h6-11,13-14H,12H2,1-3H3,(H,23,26)(H,24,25). The van der Waals surface area contributed by atoms with Gasteiger partial charge in [0, 0.05) is 11.1 Å². The second-order valence-electron chi connectivity index (χ2n) is 5.95. The fraction of sp³-hybridized carbons (Fsp3) is 0.182. The van der Waals surface area contributed by atoms with Crippen LogP contribution >= 0.6 is 0 Å². The maximum absolute atomic E-state index is 12.3. The van der Waals surface area contributed by atoms with Crippen LogP contribution in [0.5, 0.6) is 17.2 Å². The molecule has 3 rings (SSSR count). The van der Waals surface area contributed by atoms with E-state index in [0.717, 1.165) is 16.9 Å². The van der Waals surface area contributed by atoms with E-state index < -0.39 is 0 Å². The predicted molar refractivity (Wildman–Crippen MR) is 109 cm³/mol. The number of carbonyl (C=O) groups excluding carboxylic acids is 1. The molecule has 148 valence electrons. The topological polar surface area (TPSA) is 85.5 Å². The van der Waals surface area contributed by atoms with Crippen molar-refractivity contribution >= 4 is 5.91 Å². The lowest BCUT2D eigenvalue weighted by molar-refractivity contribution is 0.0953. The SMILES string of the molecule is COc1ccc(C#CCNC(=O)c2cc(-c3cc(OC)ccc3OC)n[nH]2)cc1. The Morgan fingerprint density at radius 3 is 2.41 bits per heavy atom. The summed E-state index contributed by atoms with van der Waals surface area (Å²) in [7, 11) is 4.77. The molecule has 0 unspecified atom stereocenters. The van der Waals surface area contributed by atoms with Crippen molar-refractivity contribution in [1.29, 1.82) is 0 Å². The van der Waals surface area contributed by atoms with E-state index in [0.29, 0.717) is 22.9 Å². The van der Waals surface area contributed by atoms with Gasteiger partial charge in [-0.2, -0.15) is 5.10 Å². The van der Waals surface area contributed by atoms with E-state index in [1.165, 1.54) is 0 Å². The minimum atomic E-state index is -0.297. The number of nitrogens with one attached hydrogen (secondary N) is 2. The molecule has 0 aliphatic heterocycles. The average Bonchev–Trinajstić information content (AvgIpc) is 3.26. The van der Waals surface area contributed by atoms with Gasteiger partial charge in [0.15, 0.2) is 0 Å². The van der Waals surface area contributed by atoms with Gasteiger partial charge in [-0.15, -0.1) is 0 Å². The molecule has 1 amide bonds. The molecule has 0 radical (unpaired) electrons. The second kappa shape index (κ2) is 9.33. The van der Waals surface area contributed by atoms with E-state index >= 15 is 0 Å². The Balaban J connectivity index is 1.65. The zero-order valence-electron chi connectivity index (χ0n) is 16.4. The average molecular weight is 391 g/mol. The summed E-state index contributed by atoms with van der Waals surface area (Å²) in [5.41, 5.74) is 2.47. The number of carbonyl (C=O) groups is 1. The Morgan fingerprint density at radius 2 is 1.72 bits per heavy atom. The molecule has 0 spiro atoms. The summed E-state index contributed by atoms with van der Waals surface area (Å²) in [4.78, 5) is 12.3. The summed E-state index contributed by atoms with van der Waals surface area (Å²) in [6.45, 7) is 0.210. The number of aromatic amines is 1. The van der Waals surface area contributed by atoms with Gasteiger partial charge in [-0.3, -0.25) is 9.89 Å². The summed E-state index contributed by atoms with van der Waals surface area (Å²) in [5, 5.41) is 9.70. The summed E-state index contributed by atoms with van der Waals surface area (Å²) >= 11 is 0. The molecule has 29 heavy (non-hydrogen) atoms. The molecule has 3 aromatic rings. The minimum Gasteiger partial charge on any atom is -0.497 e. The third-order valence-electron chi connectivity index (χ3n) is 4.17. The van der Waals surface area contributed by atoms with Crippen LogP contribution in [0.1, 0.15) is 16.1 Å². The van der Waals surface area contributed by atoms with E-state index in [4.69, 9.17) is 14.2 Å². The highest BCUT2D eigenvalue weighted by molar-refractivity contribution is 5.93. The van der Waals surface area contributed by atoms with Crippen LogP contribution < -0.4 is 19.5 Å². The third kappa shape index (κ3) is 4.87. The van der Waals surface area contributed by atoms with Gasteiger partial charge in [-0.25, -0.2) is 0 Å². The van der Waals surface area contributed by atoms with Gasteiger partial charge in [0.05, 0.1) is 33.6 Å². The van der Waals surface area contributed by atoms with E-state index in [9.17, 15) is 4.79 Å². The van der Waals surface area contributed by atoms with Crippen molar-refractivity contribution < 1.29 is 19.0 Å². The second-order valence-corrected chi connectivity index (χ2v) is 5.95. The number of nitrogens with zero attached hydrogens (tertiary/aromatic N) is 1. The predicted octanol–water partition coefficient (Wildman–Crippen LogP) is 2.88. The van der Waals surface area contributed by atoms with Crippen molar-refractivity contribution in [2.45, 2.75) is 0 Å². The van der Waals surface area contributed by atoms with Crippen LogP contribution in [0, 0.1) is 11.8 Å². The number of hydrogen-bond donors (Lipinski definition) is 2. The molecule has 7 heteroatoms. The van der Waals surface area contributed by atoms with Crippen molar-refractivity contribution in [3.63, 3.8) is 0 Å². The van der Waals surface area contributed by atoms with Gasteiger partial charge < -0.3 is 19.5 Å². The quantitative estimate of drug-likeness (QED) is 0.631. The molecule has 0 saturated heterocycles. The van der Waals surface area contributed by atoms with E-state index in [2.05, 4.69) is 27.4 Å². The molecule has 7 nitrogen and oxygen atoms in total. The molecule has 0 bridgehead atoms. The fourth-order valence-electron chi connectivity index (χ4n) is 2.63. The lowest BCUT2D eigenvalue weighted by atomic mass is 10.1. The Hall–Kier alpha value is -3.92. The van der Waals surface area contributed by atoms with Crippen LogP contribution in [0.2, 0.25) is 0 Å². The molecular formula is C22H21N3O4. The van der Waals surface area contributed by atoms with Gasteiger partial charge in [0.25, 0.3) is 5.91 Å². The lowest BCUT2D eigenvalue weighted by Crippen LogP contribution is -2.23. The fourth-order valence-corrected chi connectivity index (χ4v) is 2.63. The van der Waals surface area contributed by atoms with Crippen LogP contribution in [0.4, 0.5) is 0 Å². The van der Waals surface area contributed by atoms with Crippen molar-refractivity contribution in [2.75, 3.05) is 27.9 Å². The molecule has 0 aliphatic carbocycles. The zero-order chi connectivity index (χ0) is 20.6. The first-order valence-electron chi connectivity index (χ1n) is 8.83. The van der Waals surface area contributed by atoms with Crippen molar-refractivity contribution in [2.24, 2.45) is 0 Å². The van der Waals surface area contributed by atoms with Crippen molar-refractivity contribution in [1.82, 2.24) is 15.5 Å². The van der Waals surface area contributed by atoms with Gasteiger partial charge >= 0.3 is 0 Å². The van der Waals surface area contributed by atoms with Crippen LogP contribution in [-0.2, 0) is 0 Å². The number of hydrogen-bond acceptors (Lipinski definition) is 5. The highest BCUT2D eigenvalue weighted by Crippen LogP contribution is 2.32. The van der Waals surface area contributed by atoms with E-state index in [1.54, 1.807) is 45.6 Å². The largest absolute Gasteiger partial charge is 0.497 e.